The SMILES string of the molecule is FC(F)(F)Oc1ccc(-c2cnc3ccc(OC4CCCCC4)nn23)cc1. The molecule has 1 aromatic carbocycles. The lowest BCUT2D eigenvalue weighted by Crippen LogP contribution is -2.20. The highest BCUT2D eigenvalue weighted by Crippen LogP contribution is 2.28. The molecule has 1 aliphatic rings. The van der Waals surface area contributed by atoms with E-state index in [0.717, 1.165) is 25.7 Å². The average Bonchev–Trinajstić information content (AvgIpc) is 3.05. The molecule has 1 fully saturated rings. The second-order valence-electron chi connectivity index (χ2n) is 6.54. The number of imidazole rings is 1. The van der Waals surface area contributed by atoms with Crippen molar-refractivity contribution in [3.63, 3.8) is 0 Å². The van der Waals surface area contributed by atoms with Crippen LogP contribution < -0.4 is 9.47 Å². The highest BCUT2D eigenvalue weighted by Gasteiger charge is 2.31. The molecule has 0 amide bonds. The Kier molecular flexibility index (Phi) is 4.63. The van der Waals surface area contributed by atoms with Gasteiger partial charge in [-0.25, -0.2) is 9.50 Å². The second kappa shape index (κ2) is 7.09. The van der Waals surface area contributed by atoms with Crippen molar-refractivity contribution in [3.8, 4) is 22.9 Å². The summed E-state index contributed by atoms with van der Waals surface area (Å²) in [6, 6.07) is 9.23. The first kappa shape index (κ1) is 17.6. The summed E-state index contributed by atoms with van der Waals surface area (Å²) in [4.78, 5) is 4.30. The van der Waals surface area contributed by atoms with Gasteiger partial charge in [0.1, 0.15) is 11.9 Å². The fourth-order valence-electron chi connectivity index (χ4n) is 3.30. The van der Waals surface area contributed by atoms with Crippen molar-refractivity contribution in [2.24, 2.45) is 0 Å². The summed E-state index contributed by atoms with van der Waals surface area (Å²) in [5.41, 5.74) is 1.98. The van der Waals surface area contributed by atoms with E-state index in [2.05, 4.69) is 14.8 Å². The lowest BCUT2D eigenvalue weighted by atomic mass is 9.98. The molecule has 2 heterocycles. The molecule has 5 nitrogen and oxygen atoms in total. The number of rotatable bonds is 4. The molecule has 27 heavy (non-hydrogen) atoms. The molecule has 142 valence electrons. The summed E-state index contributed by atoms with van der Waals surface area (Å²) >= 11 is 0. The Labute approximate surface area is 153 Å². The standard InChI is InChI=1S/C19H18F3N3O2/c20-19(21,22)27-15-8-6-13(7-9-15)16-12-23-17-10-11-18(24-25(16)17)26-14-4-2-1-3-5-14/h6-12,14H,1-5H2. The third-order valence-corrected chi connectivity index (χ3v) is 4.56. The van der Waals surface area contributed by atoms with Crippen LogP contribution in [0.2, 0.25) is 0 Å². The number of ether oxygens (including phenoxy) is 2. The minimum Gasteiger partial charge on any atom is -0.473 e. The molecule has 0 spiro atoms. The van der Waals surface area contributed by atoms with E-state index in [0.29, 0.717) is 22.8 Å². The van der Waals surface area contributed by atoms with Crippen LogP contribution in [0.15, 0.2) is 42.6 Å². The molecule has 0 saturated heterocycles. The van der Waals surface area contributed by atoms with Gasteiger partial charge in [0.25, 0.3) is 0 Å². The fourth-order valence-corrected chi connectivity index (χ4v) is 3.30. The maximum atomic E-state index is 12.3. The summed E-state index contributed by atoms with van der Waals surface area (Å²) in [5, 5.41) is 4.51. The molecule has 0 N–H and O–H groups in total. The van der Waals surface area contributed by atoms with Gasteiger partial charge < -0.3 is 9.47 Å². The number of hydrogen-bond acceptors (Lipinski definition) is 4. The molecule has 0 aliphatic heterocycles. The highest BCUT2D eigenvalue weighted by molar-refractivity contribution is 5.63. The van der Waals surface area contributed by atoms with Gasteiger partial charge in [0, 0.05) is 11.6 Å². The molecule has 0 atom stereocenters. The molecule has 2 aromatic heterocycles. The Bertz CT molecular complexity index is 916. The first-order chi connectivity index (χ1) is 13.0. The number of hydrogen-bond donors (Lipinski definition) is 0. The molecular formula is C19H18F3N3O2. The maximum absolute atomic E-state index is 12.3. The molecule has 0 bridgehead atoms. The topological polar surface area (TPSA) is 48.7 Å². The number of alkyl halides is 3. The molecule has 4 rings (SSSR count). The van der Waals surface area contributed by atoms with Crippen molar-refractivity contribution in [1.29, 1.82) is 0 Å². The monoisotopic (exact) mass is 377 g/mol. The van der Waals surface area contributed by atoms with Gasteiger partial charge in [0.05, 0.1) is 11.9 Å². The largest absolute Gasteiger partial charge is 0.573 e. The summed E-state index contributed by atoms with van der Waals surface area (Å²) in [7, 11) is 0. The smallest absolute Gasteiger partial charge is 0.473 e. The summed E-state index contributed by atoms with van der Waals surface area (Å²) in [5.74, 6) is 0.250. The van der Waals surface area contributed by atoms with E-state index in [1.54, 1.807) is 28.9 Å². The van der Waals surface area contributed by atoms with Crippen LogP contribution in [0.5, 0.6) is 11.6 Å². The van der Waals surface area contributed by atoms with Crippen LogP contribution in [-0.2, 0) is 0 Å². The minimum atomic E-state index is -4.71. The lowest BCUT2D eigenvalue weighted by Gasteiger charge is -2.22. The van der Waals surface area contributed by atoms with Crippen molar-refractivity contribution in [3.05, 3.63) is 42.6 Å². The van der Waals surface area contributed by atoms with Gasteiger partial charge in [0.2, 0.25) is 5.88 Å². The predicted octanol–water partition coefficient (Wildman–Crippen LogP) is 5.01. The van der Waals surface area contributed by atoms with Crippen LogP contribution in [0.3, 0.4) is 0 Å². The van der Waals surface area contributed by atoms with E-state index in [1.807, 2.05) is 6.07 Å². The van der Waals surface area contributed by atoms with Crippen LogP contribution in [0.1, 0.15) is 32.1 Å². The van der Waals surface area contributed by atoms with Crippen molar-refractivity contribution < 1.29 is 22.6 Å². The van der Waals surface area contributed by atoms with E-state index < -0.39 is 6.36 Å². The second-order valence-corrected chi connectivity index (χ2v) is 6.54. The first-order valence-corrected chi connectivity index (χ1v) is 8.85. The minimum absolute atomic E-state index is 0.175. The van der Waals surface area contributed by atoms with Crippen molar-refractivity contribution in [1.82, 2.24) is 14.6 Å². The molecule has 0 unspecified atom stereocenters. The number of nitrogens with zero attached hydrogens (tertiary/aromatic N) is 3. The summed E-state index contributed by atoms with van der Waals surface area (Å²) in [6.45, 7) is 0. The zero-order chi connectivity index (χ0) is 18.9. The third kappa shape index (κ3) is 4.15. The maximum Gasteiger partial charge on any atom is 0.573 e. The van der Waals surface area contributed by atoms with Crippen LogP contribution in [0.25, 0.3) is 16.9 Å². The van der Waals surface area contributed by atoms with Crippen LogP contribution in [0, 0.1) is 0 Å². The summed E-state index contributed by atoms with van der Waals surface area (Å²) in [6.07, 6.45) is 2.71. The molecule has 1 aliphatic carbocycles. The van der Waals surface area contributed by atoms with Gasteiger partial charge in [-0.15, -0.1) is 18.3 Å². The van der Waals surface area contributed by atoms with Crippen LogP contribution in [-0.4, -0.2) is 27.1 Å². The third-order valence-electron chi connectivity index (χ3n) is 4.56. The molecule has 8 heteroatoms. The van der Waals surface area contributed by atoms with Gasteiger partial charge in [-0.1, -0.05) is 6.42 Å². The number of fused-ring (bicyclic) bond motifs is 1. The zero-order valence-corrected chi connectivity index (χ0v) is 14.4. The lowest BCUT2D eigenvalue weighted by molar-refractivity contribution is -0.274. The molecule has 0 radical (unpaired) electrons. The van der Waals surface area contributed by atoms with Gasteiger partial charge in [-0.05, 0) is 56.0 Å². The first-order valence-electron chi connectivity index (χ1n) is 8.85. The normalized spacial score (nSPS) is 15.8. The Morgan fingerprint density at radius 2 is 1.70 bits per heavy atom. The van der Waals surface area contributed by atoms with Crippen LogP contribution in [0.4, 0.5) is 13.2 Å². The Morgan fingerprint density at radius 1 is 0.963 bits per heavy atom. The van der Waals surface area contributed by atoms with E-state index in [-0.39, 0.29) is 11.9 Å². The van der Waals surface area contributed by atoms with Crippen molar-refractivity contribution in [2.75, 3.05) is 0 Å². The fraction of sp³-hybridized carbons (Fsp3) is 0.368. The van der Waals surface area contributed by atoms with Crippen molar-refractivity contribution in [2.45, 2.75) is 44.6 Å². The highest BCUT2D eigenvalue weighted by atomic mass is 19.4. The number of halogens is 3. The van der Waals surface area contributed by atoms with Gasteiger partial charge >= 0.3 is 6.36 Å². The van der Waals surface area contributed by atoms with E-state index in [1.165, 1.54) is 18.6 Å². The quantitative estimate of drug-likeness (QED) is 0.642. The average molecular weight is 377 g/mol. The Morgan fingerprint density at radius 3 is 2.41 bits per heavy atom. The Hall–Kier alpha value is -2.77. The number of aromatic nitrogens is 3. The van der Waals surface area contributed by atoms with E-state index in [4.69, 9.17) is 4.74 Å². The number of benzene rings is 1. The van der Waals surface area contributed by atoms with E-state index in [9.17, 15) is 13.2 Å². The van der Waals surface area contributed by atoms with E-state index >= 15 is 0 Å². The molecule has 3 aromatic rings. The summed E-state index contributed by atoms with van der Waals surface area (Å²) < 4.78 is 48.4. The molecular weight excluding hydrogens is 359 g/mol. The van der Waals surface area contributed by atoms with Gasteiger partial charge in [0.15, 0.2) is 5.65 Å². The van der Waals surface area contributed by atoms with Gasteiger partial charge in [-0.3, -0.25) is 0 Å². The Balaban J connectivity index is 1.59. The van der Waals surface area contributed by atoms with Crippen molar-refractivity contribution >= 4 is 5.65 Å². The predicted molar refractivity (Wildman–Crippen MR) is 92.6 cm³/mol. The molecule has 1 saturated carbocycles. The van der Waals surface area contributed by atoms with Crippen LogP contribution >= 0.6 is 0 Å². The van der Waals surface area contributed by atoms with Gasteiger partial charge in [-0.2, -0.15) is 0 Å². The zero-order valence-electron chi connectivity index (χ0n) is 14.4.